The van der Waals surface area contributed by atoms with Crippen LogP contribution in [-0.2, 0) is 13.2 Å². The zero-order chi connectivity index (χ0) is 12.1. The molecule has 2 aromatic rings. The van der Waals surface area contributed by atoms with Gasteiger partial charge in [-0.1, -0.05) is 43.1 Å². The Hall–Kier alpha value is -1.59. The van der Waals surface area contributed by atoms with E-state index in [9.17, 15) is 0 Å². The molecule has 0 amide bonds. The van der Waals surface area contributed by atoms with Gasteiger partial charge in [0.2, 0.25) is 5.95 Å². The van der Waals surface area contributed by atoms with Crippen molar-refractivity contribution in [2.45, 2.75) is 13.2 Å². The summed E-state index contributed by atoms with van der Waals surface area (Å²) in [5.41, 5.74) is 1.83. The van der Waals surface area contributed by atoms with E-state index in [2.05, 4.69) is 22.8 Å². The first-order valence-corrected chi connectivity index (χ1v) is 5.61. The van der Waals surface area contributed by atoms with Crippen LogP contribution in [0.25, 0.3) is 0 Å². The quantitative estimate of drug-likeness (QED) is 0.809. The van der Waals surface area contributed by atoms with Gasteiger partial charge in [0, 0.05) is 18.0 Å². The summed E-state index contributed by atoms with van der Waals surface area (Å²) in [5.74, 6) is 0.523. The lowest BCUT2D eigenvalue weighted by atomic mass is 10.2. The van der Waals surface area contributed by atoms with Crippen molar-refractivity contribution in [3.8, 4) is 0 Å². The molecular weight excluding hydrogens is 234 g/mol. The van der Waals surface area contributed by atoms with Crippen LogP contribution in [0.5, 0.6) is 0 Å². The van der Waals surface area contributed by atoms with E-state index in [1.807, 2.05) is 30.3 Å². The average Bonchev–Trinajstić information content (AvgIpc) is 2.40. The maximum absolute atomic E-state index is 8.89. The monoisotopic (exact) mass is 247 g/mol. The normalized spacial score (nSPS) is 10.2. The van der Waals surface area contributed by atoms with E-state index in [1.54, 1.807) is 16.7 Å². The maximum atomic E-state index is 8.89. The number of benzene rings is 1. The number of hydrogen-bond acceptors (Lipinski definition) is 5. The van der Waals surface area contributed by atoms with E-state index in [-0.39, 0.29) is 6.61 Å². The third-order valence-electron chi connectivity index (χ3n) is 2.28. The molecule has 0 saturated carbocycles. The minimum atomic E-state index is -0.0501. The van der Waals surface area contributed by atoms with Crippen molar-refractivity contribution in [3.05, 3.63) is 53.9 Å². The van der Waals surface area contributed by atoms with E-state index in [0.29, 0.717) is 18.1 Å². The van der Waals surface area contributed by atoms with Crippen LogP contribution in [0.2, 0.25) is 0 Å². The van der Waals surface area contributed by atoms with E-state index in [4.69, 9.17) is 5.11 Å². The zero-order valence-corrected chi connectivity index (χ0v) is 10.1. The molecule has 1 N–H and O–H groups in total. The Morgan fingerprint density at radius 1 is 1.06 bits per heavy atom. The topological polar surface area (TPSA) is 49.3 Å². The number of thiol groups is 1. The molecule has 0 aliphatic rings. The number of nitrogens with zero attached hydrogens (tertiary/aromatic N) is 3. The first-order chi connectivity index (χ1) is 8.29. The standard InChI is InChI=1S/C12H13N3OS/c16-9-11-6-13-12(14-7-11)15(17)8-10-4-2-1-3-5-10/h1-7,16-17H,8-9H2. The number of rotatable bonds is 4. The Bertz CT molecular complexity index is 461. The molecule has 0 saturated heterocycles. The minimum Gasteiger partial charge on any atom is -0.392 e. The van der Waals surface area contributed by atoms with Gasteiger partial charge >= 0.3 is 0 Å². The molecule has 0 bridgehead atoms. The number of aliphatic hydroxyl groups is 1. The Morgan fingerprint density at radius 3 is 2.29 bits per heavy atom. The fourth-order valence-corrected chi connectivity index (χ4v) is 1.66. The lowest BCUT2D eigenvalue weighted by Crippen LogP contribution is -2.13. The van der Waals surface area contributed by atoms with Crippen molar-refractivity contribution in [2.24, 2.45) is 0 Å². The van der Waals surface area contributed by atoms with Crippen LogP contribution in [0.15, 0.2) is 42.7 Å². The lowest BCUT2D eigenvalue weighted by molar-refractivity contribution is 0.281. The smallest absolute Gasteiger partial charge is 0.235 e. The van der Waals surface area contributed by atoms with Crippen molar-refractivity contribution in [1.29, 1.82) is 0 Å². The van der Waals surface area contributed by atoms with Crippen LogP contribution in [0, 0.1) is 0 Å². The van der Waals surface area contributed by atoms with Crippen LogP contribution in [0.3, 0.4) is 0 Å². The molecule has 2 rings (SSSR count). The molecule has 0 fully saturated rings. The molecule has 0 aliphatic heterocycles. The Morgan fingerprint density at radius 2 is 1.71 bits per heavy atom. The summed E-state index contributed by atoms with van der Waals surface area (Å²) < 4.78 is 1.66. The van der Waals surface area contributed by atoms with E-state index >= 15 is 0 Å². The fraction of sp³-hybridized carbons (Fsp3) is 0.167. The van der Waals surface area contributed by atoms with Crippen molar-refractivity contribution in [3.63, 3.8) is 0 Å². The van der Waals surface area contributed by atoms with Crippen molar-refractivity contribution in [2.75, 3.05) is 4.31 Å². The van der Waals surface area contributed by atoms with Crippen LogP contribution in [-0.4, -0.2) is 15.1 Å². The second kappa shape index (κ2) is 5.65. The summed E-state index contributed by atoms with van der Waals surface area (Å²) in [6, 6.07) is 9.97. The molecule has 0 unspecified atom stereocenters. The summed E-state index contributed by atoms with van der Waals surface area (Å²) >= 11 is 4.34. The first kappa shape index (κ1) is 11.9. The van der Waals surface area contributed by atoms with Crippen LogP contribution >= 0.6 is 12.8 Å². The van der Waals surface area contributed by atoms with Gasteiger partial charge in [-0.3, -0.25) is 4.31 Å². The molecule has 5 heteroatoms. The van der Waals surface area contributed by atoms with Gasteiger partial charge in [0.1, 0.15) is 0 Å². The second-order valence-electron chi connectivity index (χ2n) is 3.59. The van der Waals surface area contributed by atoms with Crippen molar-refractivity contribution < 1.29 is 5.11 Å². The summed E-state index contributed by atoms with van der Waals surface area (Å²) in [4.78, 5) is 8.25. The molecule has 0 spiro atoms. The summed E-state index contributed by atoms with van der Waals surface area (Å²) in [7, 11) is 0. The SMILES string of the molecule is OCc1cnc(N(S)Cc2ccccc2)nc1. The highest BCUT2D eigenvalue weighted by atomic mass is 32.1. The highest BCUT2D eigenvalue weighted by Gasteiger charge is 2.05. The van der Waals surface area contributed by atoms with Gasteiger partial charge < -0.3 is 5.11 Å². The summed E-state index contributed by atoms with van der Waals surface area (Å²) in [6.45, 7) is 0.577. The number of aromatic nitrogens is 2. The summed E-state index contributed by atoms with van der Waals surface area (Å²) in [6.07, 6.45) is 3.19. The highest BCUT2D eigenvalue weighted by molar-refractivity contribution is 7.81. The van der Waals surface area contributed by atoms with Gasteiger partial charge in [-0.15, -0.1) is 0 Å². The number of anilines is 1. The average molecular weight is 247 g/mol. The van der Waals surface area contributed by atoms with Gasteiger partial charge in [0.05, 0.1) is 13.2 Å². The van der Waals surface area contributed by atoms with Gasteiger partial charge in [-0.25, -0.2) is 9.97 Å². The number of hydrogen-bond donors (Lipinski definition) is 2. The molecule has 88 valence electrons. The first-order valence-electron chi connectivity index (χ1n) is 5.21. The zero-order valence-electron chi connectivity index (χ0n) is 9.19. The van der Waals surface area contributed by atoms with Crippen LogP contribution in [0.1, 0.15) is 11.1 Å². The predicted molar refractivity (Wildman–Crippen MR) is 69.6 cm³/mol. The van der Waals surface area contributed by atoms with Gasteiger partial charge in [0.25, 0.3) is 0 Å². The lowest BCUT2D eigenvalue weighted by Gasteiger charge is -2.15. The minimum absolute atomic E-state index is 0.0501. The van der Waals surface area contributed by atoms with Crippen molar-refractivity contribution >= 4 is 18.8 Å². The highest BCUT2D eigenvalue weighted by Crippen LogP contribution is 2.13. The molecule has 0 aliphatic carbocycles. The van der Waals surface area contributed by atoms with Crippen LogP contribution in [0.4, 0.5) is 5.95 Å². The molecule has 17 heavy (non-hydrogen) atoms. The van der Waals surface area contributed by atoms with Gasteiger partial charge in [-0.2, -0.15) is 0 Å². The van der Waals surface area contributed by atoms with Gasteiger partial charge in [-0.05, 0) is 5.56 Å². The largest absolute Gasteiger partial charge is 0.392 e. The third-order valence-corrected chi connectivity index (χ3v) is 2.60. The summed E-state index contributed by atoms with van der Waals surface area (Å²) in [5, 5.41) is 8.89. The Labute approximate surface area is 106 Å². The molecular formula is C12H13N3OS. The Kier molecular flexibility index (Phi) is 3.95. The predicted octanol–water partition coefficient (Wildman–Crippen LogP) is 1.82. The molecule has 1 heterocycles. The van der Waals surface area contributed by atoms with E-state index in [1.165, 1.54) is 0 Å². The maximum Gasteiger partial charge on any atom is 0.235 e. The molecule has 4 nitrogen and oxygen atoms in total. The van der Waals surface area contributed by atoms with Crippen molar-refractivity contribution in [1.82, 2.24) is 9.97 Å². The fourth-order valence-electron chi connectivity index (χ4n) is 1.39. The molecule has 0 radical (unpaired) electrons. The molecule has 1 aromatic heterocycles. The molecule has 0 atom stereocenters. The van der Waals surface area contributed by atoms with E-state index in [0.717, 1.165) is 5.56 Å². The second-order valence-corrected chi connectivity index (χ2v) is 4.08. The Balaban J connectivity index is 2.06. The van der Waals surface area contributed by atoms with E-state index < -0.39 is 0 Å². The number of aliphatic hydroxyl groups excluding tert-OH is 1. The molecule has 1 aromatic carbocycles. The van der Waals surface area contributed by atoms with Crippen LogP contribution < -0.4 is 4.31 Å². The van der Waals surface area contributed by atoms with Gasteiger partial charge in [0.15, 0.2) is 0 Å². The third kappa shape index (κ3) is 3.18.